The van der Waals surface area contributed by atoms with Crippen LogP contribution >= 0.6 is 0 Å². The first kappa shape index (κ1) is 10.3. The Kier molecular flexibility index (Phi) is 2.84. The minimum atomic E-state index is -0.460. The maximum Gasteiger partial charge on any atom is 0.150 e. The Balaban J connectivity index is 1.89. The van der Waals surface area contributed by atoms with Crippen LogP contribution in [0.1, 0.15) is 18.4 Å². The number of hydrogen-bond acceptors (Lipinski definition) is 3. The van der Waals surface area contributed by atoms with Gasteiger partial charge >= 0.3 is 0 Å². The first-order valence-electron chi connectivity index (χ1n) is 5.14. The molecular weight excluding hydrogens is 190 g/mol. The summed E-state index contributed by atoms with van der Waals surface area (Å²) in [5.74, 6) is 0. The van der Waals surface area contributed by atoms with Gasteiger partial charge in [-0.1, -0.05) is 30.3 Å². The lowest BCUT2D eigenvalue weighted by Gasteiger charge is -2.17. The zero-order chi connectivity index (χ0) is 10.7. The molecule has 2 rings (SSSR count). The predicted octanol–water partition coefficient (Wildman–Crippen LogP) is 1.26. The summed E-state index contributed by atoms with van der Waals surface area (Å²) in [6.45, 7) is 0.448. The second-order valence-corrected chi connectivity index (χ2v) is 4.09. The Morgan fingerprint density at radius 3 is 2.60 bits per heavy atom. The second kappa shape index (κ2) is 4.13. The van der Waals surface area contributed by atoms with Crippen LogP contribution in [0.2, 0.25) is 0 Å². The molecule has 3 heteroatoms. The zero-order valence-corrected chi connectivity index (χ0v) is 8.56. The molecule has 1 atom stereocenters. The summed E-state index contributed by atoms with van der Waals surface area (Å²) in [5, 5.41) is 0. The summed E-state index contributed by atoms with van der Waals surface area (Å²) in [5.41, 5.74) is 6.58. The first-order chi connectivity index (χ1) is 7.24. The van der Waals surface area contributed by atoms with Crippen molar-refractivity contribution < 1.29 is 9.53 Å². The Morgan fingerprint density at radius 2 is 2.07 bits per heavy atom. The van der Waals surface area contributed by atoms with E-state index in [0.717, 1.165) is 24.7 Å². The summed E-state index contributed by atoms with van der Waals surface area (Å²) in [6.07, 6.45) is 2.12. The zero-order valence-electron chi connectivity index (χ0n) is 8.56. The number of carbonyl (C=O) groups is 1. The van der Waals surface area contributed by atoms with Gasteiger partial charge in [-0.2, -0.15) is 0 Å². The fraction of sp³-hybridized carbons (Fsp3) is 0.417. The lowest BCUT2D eigenvalue weighted by atomic mass is 10.1. The molecule has 0 saturated heterocycles. The van der Waals surface area contributed by atoms with Gasteiger partial charge in [0.2, 0.25) is 0 Å². The number of hydrogen-bond donors (Lipinski definition) is 1. The highest BCUT2D eigenvalue weighted by Crippen LogP contribution is 2.36. The SMILES string of the molecule is NC1(C(C=O)OCc2ccccc2)CC1. The smallest absolute Gasteiger partial charge is 0.150 e. The molecule has 1 aliphatic rings. The third-order valence-electron chi connectivity index (χ3n) is 2.79. The molecule has 15 heavy (non-hydrogen) atoms. The van der Waals surface area contributed by atoms with E-state index in [1.54, 1.807) is 0 Å². The largest absolute Gasteiger partial charge is 0.364 e. The van der Waals surface area contributed by atoms with Crippen molar-refractivity contribution >= 4 is 6.29 Å². The van der Waals surface area contributed by atoms with Crippen molar-refractivity contribution in [3.8, 4) is 0 Å². The average Bonchev–Trinajstić information content (AvgIpc) is 3.00. The molecule has 0 amide bonds. The van der Waals surface area contributed by atoms with E-state index in [0.29, 0.717) is 6.61 Å². The minimum absolute atomic E-state index is 0.392. The number of aldehydes is 1. The predicted molar refractivity (Wildman–Crippen MR) is 57.2 cm³/mol. The molecular formula is C12H15NO2. The molecule has 1 unspecified atom stereocenters. The second-order valence-electron chi connectivity index (χ2n) is 4.09. The monoisotopic (exact) mass is 205 g/mol. The number of nitrogens with two attached hydrogens (primary N) is 1. The Labute approximate surface area is 89.2 Å². The van der Waals surface area contributed by atoms with E-state index in [1.165, 1.54) is 0 Å². The quantitative estimate of drug-likeness (QED) is 0.736. The van der Waals surface area contributed by atoms with Gasteiger partial charge in [0.25, 0.3) is 0 Å². The van der Waals surface area contributed by atoms with Gasteiger partial charge in [0, 0.05) is 5.54 Å². The van der Waals surface area contributed by atoms with E-state index in [1.807, 2.05) is 30.3 Å². The van der Waals surface area contributed by atoms with Gasteiger partial charge in [-0.25, -0.2) is 0 Å². The van der Waals surface area contributed by atoms with Gasteiger partial charge < -0.3 is 15.3 Å². The van der Waals surface area contributed by atoms with E-state index < -0.39 is 11.6 Å². The van der Waals surface area contributed by atoms with E-state index >= 15 is 0 Å². The summed E-state index contributed by atoms with van der Waals surface area (Å²) in [7, 11) is 0. The van der Waals surface area contributed by atoms with Gasteiger partial charge in [0.05, 0.1) is 6.61 Å². The highest BCUT2D eigenvalue weighted by molar-refractivity contribution is 5.60. The van der Waals surface area contributed by atoms with Gasteiger partial charge in [-0.3, -0.25) is 0 Å². The molecule has 0 radical (unpaired) electrons. The van der Waals surface area contributed by atoms with E-state index in [2.05, 4.69) is 0 Å². The molecule has 0 bridgehead atoms. The van der Waals surface area contributed by atoms with E-state index in [-0.39, 0.29) is 0 Å². The molecule has 80 valence electrons. The van der Waals surface area contributed by atoms with Crippen LogP contribution in [0.5, 0.6) is 0 Å². The molecule has 1 saturated carbocycles. The van der Waals surface area contributed by atoms with E-state index in [9.17, 15) is 4.79 Å². The molecule has 3 nitrogen and oxygen atoms in total. The standard InChI is InChI=1S/C12H15NO2/c13-12(6-7-12)11(8-14)15-9-10-4-2-1-3-5-10/h1-5,8,11H,6-7,9,13H2. The maximum absolute atomic E-state index is 10.8. The van der Waals surface area contributed by atoms with Crippen LogP contribution < -0.4 is 5.73 Å². The van der Waals surface area contributed by atoms with Gasteiger partial charge in [0.1, 0.15) is 6.10 Å². The Hall–Kier alpha value is -1.19. The van der Waals surface area contributed by atoms with Crippen molar-refractivity contribution in [3.63, 3.8) is 0 Å². The van der Waals surface area contributed by atoms with Crippen molar-refractivity contribution in [1.82, 2.24) is 0 Å². The van der Waals surface area contributed by atoms with Crippen molar-refractivity contribution in [1.29, 1.82) is 0 Å². The summed E-state index contributed by atoms with van der Waals surface area (Å²) >= 11 is 0. The maximum atomic E-state index is 10.8. The van der Waals surface area contributed by atoms with Crippen LogP contribution in [0, 0.1) is 0 Å². The molecule has 0 aromatic heterocycles. The number of rotatable bonds is 5. The Bertz CT molecular complexity index is 333. The fourth-order valence-electron chi connectivity index (χ4n) is 1.53. The van der Waals surface area contributed by atoms with Crippen LogP contribution in [0.4, 0.5) is 0 Å². The van der Waals surface area contributed by atoms with Crippen molar-refractivity contribution in [3.05, 3.63) is 35.9 Å². The molecule has 1 aromatic rings. The first-order valence-corrected chi connectivity index (χ1v) is 5.14. The van der Waals surface area contributed by atoms with Crippen molar-refractivity contribution in [2.24, 2.45) is 5.73 Å². The van der Waals surface area contributed by atoms with Gasteiger partial charge in [0.15, 0.2) is 6.29 Å². The molecule has 1 fully saturated rings. The lowest BCUT2D eigenvalue weighted by Crippen LogP contribution is -2.40. The molecule has 1 aliphatic carbocycles. The van der Waals surface area contributed by atoms with Gasteiger partial charge in [-0.15, -0.1) is 0 Å². The summed E-state index contributed by atoms with van der Waals surface area (Å²) in [6, 6.07) is 9.79. The molecule has 2 N–H and O–H groups in total. The highest BCUT2D eigenvalue weighted by atomic mass is 16.5. The molecule has 1 aromatic carbocycles. The Morgan fingerprint density at radius 1 is 1.40 bits per heavy atom. The van der Waals surface area contributed by atoms with Crippen LogP contribution in [-0.4, -0.2) is 17.9 Å². The normalized spacial score (nSPS) is 19.5. The van der Waals surface area contributed by atoms with Gasteiger partial charge in [-0.05, 0) is 18.4 Å². The van der Waals surface area contributed by atoms with Crippen LogP contribution in [0.3, 0.4) is 0 Å². The van der Waals surface area contributed by atoms with Crippen LogP contribution in [0.15, 0.2) is 30.3 Å². The third kappa shape index (κ3) is 2.43. The van der Waals surface area contributed by atoms with Crippen LogP contribution in [-0.2, 0) is 16.1 Å². The number of carbonyl (C=O) groups excluding carboxylic acids is 1. The highest BCUT2D eigenvalue weighted by Gasteiger charge is 2.46. The lowest BCUT2D eigenvalue weighted by molar-refractivity contribution is -0.120. The van der Waals surface area contributed by atoms with Crippen molar-refractivity contribution in [2.45, 2.75) is 31.1 Å². The molecule has 0 spiro atoms. The molecule has 0 heterocycles. The summed E-state index contributed by atoms with van der Waals surface area (Å²) < 4.78 is 5.51. The fourth-order valence-corrected chi connectivity index (χ4v) is 1.53. The number of benzene rings is 1. The number of ether oxygens (including phenoxy) is 1. The average molecular weight is 205 g/mol. The third-order valence-corrected chi connectivity index (χ3v) is 2.79. The van der Waals surface area contributed by atoms with E-state index in [4.69, 9.17) is 10.5 Å². The summed E-state index contributed by atoms with van der Waals surface area (Å²) in [4.78, 5) is 10.8. The topological polar surface area (TPSA) is 52.3 Å². The van der Waals surface area contributed by atoms with Crippen LogP contribution in [0.25, 0.3) is 0 Å². The minimum Gasteiger partial charge on any atom is -0.364 e. The van der Waals surface area contributed by atoms with Crippen molar-refractivity contribution in [2.75, 3.05) is 0 Å². The molecule has 0 aliphatic heterocycles.